The van der Waals surface area contributed by atoms with Crippen molar-refractivity contribution < 1.29 is 14.7 Å². The minimum absolute atomic E-state index is 0.124. The van der Waals surface area contributed by atoms with Crippen molar-refractivity contribution in [1.82, 2.24) is 9.80 Å². The maximum Gasteiger partial charge on any atom is 0.410 e. The molecule has 0 bridgehead atoms. The molecular formula is C21H33N5O3. The summed E-state index contributed by atoms with van der Waals surface area (Å²) in [6.45, 7) is 11.2. The highest BCUT2D eigenvalue weighted by atomic mass is 16.6. The van der Waals surface area contributed by atoms with Gasteiger partial charge in [0.25, 0.3) is 0 Å². The van der Waals surface area contributed by atoms with Gasteiger partial charge in [-0.2, -0.15) is 0 Å². The summed E-state index contributed by atoms with van der Waals surface area (Å²) in [6, 6.07) is 8.32. The summed E-state index contributed by atoms with van der Waals surface area (Å²) in [5, 5.41) is 11.8. The number of nitrogens with zero attached hydrogens (tertiary/aromatic N) is 4. The van der Waals surface area contributed by atoms with Gasteiger partial charge in [-0.05, 0) is 57.9 Å². The largest absolute Gasteiger partial charge is 0.444 e. The summed E-state index contributed by atoms with van der Waals surface area (Å²) in [5.74, 6) is 0.124. The number of carbonyl (C=O) groups is 1. The van der Waals surface area contributed by atoms with Gasteiger partial charge in [0.2, 0.25) is 0 Å². The molecule has 2 saturated heterocycles. The van der Waals surface area contributed by atoms with E-state index in [2.05, 4.69) is 15.0 Å². The van der Waals surface area contributed by atoms with Crippen molar-refractivity contribution in [2.75, 3.05) is 44.2 Å². The van der Waals surface area contributed by atoms with Crippen LogP contribution in [-0.2, 0) is 4.74 Å². The van der Waals surface area contributed by atoms with Crippen molar-refractivity contribution in [3.63, 3.8) is 0 Å². The quantitative estimate of drug-likeness (QED) is 0.348. The molecule has 3 N–H and O–H groups in total. The second-order valence-corrected chi connectivity index (χ2v) is 8.75. The molecule has 8 heteroatoms. The fraction of sp³-hybridized carbons (Fsp3) is 0.619. The van der Waals surface area contributed by atoms with Crippen molar-refractivity contribution in [2.45, 2.75) is 45.3 Å². The van der Waals surface area contributed by atoms with Gasteiger partial charge in [-0.3, -0.25) is 4.90 Å². The van der Waals surface area contributed by atoms with E-state index in [-0.39, 0.29) is 11.9 Å². The van der Waals surface area contributed by atoms with E-state index in [9.17, 15) is 4.79 Å². The van der Waals surface area contributed by atoms with Crippen LogP contribution in [0.2, 0.25) is 0 Å². The van der Waals surface area contributed by atoms with Crippen LogP contribution in [0.15, 0.2) is 29.4 Å². The van der Waals surface area contributed by atoms with Gasteiger partial charge in [-0.25, -0.2) is 4.79 Å². The first-order valence-electron chi connectivity index (χ1n) is 10.3. The summed E-state index contributed by atoms with van der Waals surface area (Å²) in [5.41, 5.74) is 7.05. The first kappa shape index (κ1) is 21.2. The van der Waals surface area contributed by atoms with Gasteiger partial charge in [0.1, 0.15) is 5.60 Å². The van der Waals surface area contributed by atoms with E-state index in [1.165, 1.54) is 0 Å². The Labute approximate surface area is 172 Å². The molecule has 1 amide bonds. The summed E-state index contributed by atoms with van der Waals surface area (Å²) < 4.78 is 5.49. The molecule has 3 rings (SSSR count). The predicted octanol–water partition coefficient (Wildman–Crippen LogP) is 2.30. The zero-order valence-electron chi connectivity index (χ0n) is 17.7. The second-order valence-electron chi connectivity index (χ2n) is 8.75. The Bertz CT molecular complexity index is 713. The number of ether oxygens (including phenoxy) is 1. The van der Waals surface area contributed by atoms with E-state index >= 15 is 0 Å². The monoisotopic (exact) mass is 403 g/mol. The Morgan fingerprint density at radius 1 is 1.07 bits per heavy atom. The maximum absolute atomic E-state index is 12.2. The highest BCUT2D eigenvalue weighted by Gasteiger charge is 2.31. The van der Waals surface area contributed by atoms with Gasteiger partial charge >= 0.3 is 6.09 Å². The van der Waals surface area contributed by atoms with Crippen molar-refractivity contribution >= 4 is 17.6 Å². The molecule has 0 atom stereocenters. The van der Waals surface area contributed by atoms with Crippen LogP contribution >= 0.6 is 0 Å². The lowest BCUT2D eigenvalue weighted by Crippen LogP contribution is -2.54. The van der Waals surface area contributed by atoms with Crippen LogP contribution in [0.5, 0.6) is 0 Å². The molecule has 1 aromatic carbocycles. The van der Waals surface area contributed by atoms with E-state index in [4.69, 9.17) is 15.7 Å². The number of anilines is 1. The molecule has 2 aliphatic rings. The number of hydrogen-bond donors (Lipinski definition) is 2. The standard InChI is InChI=1S/C21H33N5O3/c1-21(2,3)29-20(27)26-10-8-18(9-11-26)25-14-12-24(13-15-25)17-6-4-16(5-7-17)19(22)23-28/h4-7,18,28H,8-15H2,1-3H3,(H2,22,23). The molecule has 29 heavy (non-hydrogen) atoms. The second kappa shape index (κ2) is 8.90. The Balaban J connectivity index is 1.46. The summed E-state index contributed by atoms with van der Waals surface area (Å²) >= 11 is 0. The number of amidine groups is 1. The summed E-state index contributed by atoms with van der Waals surface area (Å²) in [6.07, 6.45) is 1.79. The first-order valence-corrected chi connectivity index (χ1v) is 10.3. The Kier molecular flexibility index (Phi) is 6.52. The number of rotatable bonds is 3. The molecule has 2 aliphatic heterocycles. The SMILES string of the molecule is CC(C)(C)OC(=O)N1CCC(N2CCN(c3ccc(C(N)=NO)cc3)CC2)CC1. The molecule has 0 unspecified atom stereocenters. The molecule has 160 valence electrons. The zero-order chi connectivity index (χ0) is 21.0. The van der Waals surface area contributed by atoms with Gasteiger partial charge in [-0.15, -0.1) is 0 Å². The number of likely N-dealkylation sites (tertiary alicyclic amines) is 1. The van der Waals surface area contributed by atoms with Crippen LogP contribution in [0.1, 0.15) is 39.2 Å². The Hall–Kier alpha value is -2.48. The van der Waals surface area contributed by atoms with E-state index in [1.807, 2.05) is 49.9 Å². The minimum atomic E-state index is -0.445. The lowest BCUT2D eigenvalue weighted by atomic mass is 10.0. The van der Waals surface area contributed by atoms with Gasteiger partial charge in [0.15, 0.2) is 5.84 Å². The van der Waals surface area contributed by atoms with Crippen LogP contribution in [0, 0.1) is 0 Å². The first-order chi connectivity index (χ1) is 13.8. The van der Waals surface area contributed by atoms with E-state index in [1.54, 1.807) is 0 Å². The third kappa shape index (κ3) is 5.53. The molecular weight excluding hydrogens is 370 g/mol. The summed E-state index contributed by atoms with van der Waals surface area (Å²) in [4.78, 5) is 19.0. The summed E-state index contributed by atoms with van der Waals surface area (Å²) in [7, 11) is 0. The van der Waals surface area contributed by atoms with Crippen molar-refractivity contribution in [2.24, 2.45) is 10.9 Å². The average Bonchev–Trinajstić information content (AvgIpc) is 2.72. The normalized spacial score (nSPS) is 20.0. The minimum Gasteiger partial charge on any atom is -0.444 e. The fourth-order valence-corrected chi connectivity index (χ4v) is 3.99. The highest BCUT2D eigenvalue weighted by molar-refractivity contribution is 5.97. The van der Waals surface area contributed by atoms with Crippen LogP contribution in [-0.4, -0.2) is 77.8 Å². The van der Waals surface area contributed by atoms with Crippen LogP contribution in [0.3, 0.4) is 0 Å². The number of oxime groups is 1. The number of piperidine rings is 1. The van der Waals surface area contributed by atoms with Gasteiger partial charge in [0.05, 0.1) is 0 Å². The zero-order valence-corrected chi connectivity index (χ0v) is 17.7. The number of piperazine rings is 1. The number of nitrogens with two attached hydrogens (primary N) is 1. The van der Waals surface area contributed by atoms with Gasteiger partial charge < -0.3 is 25.5 Å². The fourth-order valence-electron chi connectivity index (χ4n) is 3.99. The maximum atomic E-state index is 12.2. The Morgan fingerprint density at radius 2 is 1.66 bits per heavy atom. The number of carbonyl (C=O) groups excluding carboxylic acids is 1. The number of benzene rings is 1. The van der Waals surface area contributed by atoms with Gasteiger partial charge in [-0.1, -0.05) is 5.16 Å². The predicted molar refractivity (Wildman–Crippen MR) is 114 cm³/mol. The lowest BCUT2D eigenvalue weighted by molar-refractivity contribution is 0.0140. The molecule has 0 saturated carbocycles. The third-order valence-corrected chi connectivity index (χ3v) is 5.58. The average molecular weight is 404 g/mol. The van der Waals surface area contributed by atoms with Crippen molar-refractivity contribution in [3.8, 4) is 0 Å². The third-order valence-electron chi connectivity index (χ3n) is 5.58. The molecule has 2 fully saturated rings. The number of hydrogen-bond acceptors (Lipinski definition) is 6. The van der Waals surface area contributed by atoms with Crippen LogP contribution in [0.25, 0.3) is 0 Å². The molecule has 2 heterocycles. The van der Waals surface area contributed by atoms with E-state index < -0.39 is 5.60 Å². The van der Waals surface area contributed by atoms with Crippen LogP contribution < -0.4 is 10.6 Å². The molecule has 8 nitrogen and oxygen atoms in total. The van der Waals surface area contributed by atoms with Gasteiger partial charge in [0, 0.05) is 56.6 Å². The topological polar surface area (TPSA) is 94.6 Å². The Morgan fingerprint density at radius 3 is 2.17 bits per heavy atom. The lowest BCUT2D eigenvalue weighted by Gasteiger charge is -2.43. The van der Waals surface area contributed by atoms with Crippen LogP contribution in [0.4, 0.5) is 10.5 Å². The highest BCUT2D eigenvalue weighted by Crippen LogP contribution is 2.23. The van der Waals surface area contributed by atoms with Crippen molar-refractivity contribution in [3.05, 3.63) is 29.8 Å². The van der Waals surface area contributed by atoms with E-state index in [0.29, 0.717) is 11.6 Å². The number of amides is 1. The van der Waals surface area contributed by atoms with Crippen molar-refractivity contribution in [1.29, 1.82) is 0 Å². The van der Waals surface area contributed by atoms with E-state index in [0.717, 1.165) is 57.8 Å². The molecule has 0 radical (unpaired) electrons. The molecule has 0 spiro atoms. The molecule has 1 aromatic rings. The smallest absolute Gasteiger partial charge is 0.410 e. The molecule has 0 aliphatic carbocycles. The molecule has 0 aromatic heterocycles.